The zero-order valence-electron chi connectivity index (χ0n) is 22.1. The number of carbonyl (C=O) groups excluding carboxylic acids is 1. The van der Waals surface area contributed by atoms with Gasteiger partial charge in [-0.25, -0.2) is 19.4 Å². The molecule has 9 heteroatoms. The van der Waals surface area contributed by atoms with Gasteiger partial charge in [-0.15, -0.1) is 0 Å². The third-order valence-electron chi connectivity index (χ3n) is 7.30. The molecule has 196 valence electrons. The Morgan fingerprint density at radius 2 is 1.68 bits per heavy atom. The Hall–Kier alpha value is -4.08. The number of aliphatic hydroxyl groups excluding tert-OH is 1. The van der Waals surface area contributed by atoms with Crippen molar-refractivity contribution in [2.75, 3.05) is 12.4 Å². The van der Waals surface area contributed by atoms with Crippen LogP contribution in [0.1, 0.15) is 42.4 Å². The summed E-state index contributed by atoms with van der Waals surface area (Å²) in [5.41, 5.74) is 4.40. The van der Waals surface area contributed by atoms with Crippen LogP contribution in [-0.2, 0) is 10.2 Å². The van der Waals surface area contributed by atoms with Crippen LogP contribution in [0.2, 0.25) is 0 Å². The van der Waals surface area contributed by atoms with Crippen molar-refractivity contribution in [1.82, 2.24) is 25.1 Å². The average Bonchev–Trinajstić information content (AvgIpc) is 3.23. The van der Waals surface area contributed by atoms with Crippen LogP contribution in [0, 0.1) is 13.8 Å². The third-order valence-corrected chi connectivity index (χ3v) is 7.30. The zero-order valence-corrected chi connectivity index (χ0v) is 22.1. The first kappa shape index (κ1) is 25.6. The molecule has 0 saturated carbocycles. The maximum Gasteiger partial charge on any atom is 0.320 e. The number of aromatic nitrogens is 4. The standard InChI is InChI=1S/C29H32N6O3/c1-17-23(19-15-30-18(2)31-16-19)34-35(20-11-7-6-8-12-20)27(17)33-28(37)32-24-21-13-9-10-14-22(21)29(3,4)26(38-5)25(24)36/h6-16,24-26,36H,1-5H3,(H2,32,33,37)/t24?,25-,26-/m0/s1. The Labute approximate surface area is 221 Å². The molecule has 5 rings (SSSR count). The number of anilines is 1. The monoisotopic (exact) mass is 512 g/mol. The first-order valence-corrected chi connectivity index (χ1v) is 12.5. The van der Waals surface area contributed by atoms with Gasteiger partial charge in [0.15, 0.2) is 0 Å². The quantitative estimate of drug-likeness (QED) is 0.363. The highest BCUT2D eigenvalue weighted by Crippen LogP contribution is 2.43. The minimum atomic E-state index is -0.948. The number of rotatable bonds is 5. The number of para-hydroxylation sites is 1. The summed E-state index contributed by atoms with van der Waals surface area (Å²) in [6.45, 7) is 7.80. The average molecular weight is 513 g/mol. The van der Waals surface area contributed by atoms with E-state index in [4.69, 9.17) is 9.84 Å². The molecule has 0 bridgehead atoms. The Kier molecular flexibility index (Phi) is 6.73. The molecule has 38 heavy (non-hydrogen) atoms. The lowest BCUT2D eigenvalue weighted by molar-refractivity contribution is -0.0730. The first-order valence-electron chi connectivity index (χ1n) is 12.5. The number of amides is 2. The number of nitrogens with zero attached hydrogens (tertiary/aromatic N) is 4. The molecule has 2 heterocycles. The summed E-state index contributed by atoms with van der Waals surface area (Å²) in [7, 11) is 1.58. The molecule has 2 aromatic heterocycles. The van der Waals surface area contributed by atoms with Crippen molar-refractivity contribution in [1.29, 1.82) is 0 Å². The van der Waals surface area contributed by atoms with Gasteiger partial charge in [0, 0.05) is 36.0 Å². The summed E-state index contributed by atoms with van der Waals surface area (Å²) in [5, 5.41) is 22.1. The van der Waals surface area contributed by atoms with E-state index in [1.165, 1.54) is 0 Å². The molecule has 1 aliphatic rings. The molecule has 0 saturated heterocycles. The molecule has 4 aromatic rings. The van der Waals surface area contributed by atoms with Crippen LogP contribution in [0.25, 0.3) is 16.9 Å². The predicted octanol–water partition coefficient (Wildman–Crippen LogP) is 4.48. The molecule has 2 aromatic carbocycles. The summed E-state index contributed by atoms with van der Waals surface area (Å²) in [6.07, 6.45) is 1.99. The van der Waals surface area contributed by atoms with E-state index in [1.807, 2.05) is 82.3 Å². The third kappa shape index (κ3) is 4.44. The fraction of sp³-hybridized carbons (Fsp3) is 0.310. The van der Waals surface area contributed by atoms with E-state index in [0.29, 0.717) is 17.3 Å². The molecule has 2 amide bonds. The lowest BCUT2D eigenvalue weighted by atomic mass is 9.67. The maximum atomic E-state index is 13.5. The highest BCUT2D eigenvalue weighted by molar-refractivity contribution is 5.91. The number of benzene rings is 2. The van der Waals surface area contributed by atoms with Gasteiger partial charge >= 0.3 is 6.03 Å². The number of urea groups is 1. The molecule has 0 radical (unpaired) electrons. The van der Waals surface area contributed by atoms with Crippen molar-refractivity contribution in [3.8, 4) is 16.9 Å². The molecule has 1 aliphatic carbocycles. The molecule has 0 spiro atoms. The molecular formula is C29H32N6O3. The fourth-order valence-electron chi connectivity index (χ4n) is 5.36. The van der Waals surface area contributed by atoms with Gasteiger partial charge in [-0.3, -0.25) is 5.32 Å². The van der Waals surface area contributed by atoms with E-state index < -0.39 is 29.7 Å². The number of fused-ring (bicyclic) bond motifs is 1. The molecule has 9 nitrogen and oxygen atoms in total. The minimum Gasteiger partial charge on any atom is -0.388 e. The van der Waals surface area contributed by atoms with Crippen LogP contribution < -0.4 is 10.6 Å². The van der Waals surface area contributed by atoms with Gasteiger partial charge < -0.3 is 15.2 Å². The number of aliphatic hydroxyl groups is 1. The van der Waals surface area contributed by atoms with Gasteiger partial charge in [0.1, 0.15) is 23.4 Å². The SMILES string of the molecule is CO[C@H]1[C@@H](O)C(NC(=O)Nc2c(C)c(-c3cnc(C)nc3)nn2-c2ccccc2)c2ccccc2C1(C)C. The summed E-state index contributed by atoms with van der Waals surface area (Å²) < 4.78 is 7.41. The van der Waals surface area contributed by atoms with Gasteiger partial charge in [-0.1, -0.05) is 56.3 Å². The largest absolute Gasteiger partial charge is 0.388 e. The van der Waals surface area contributed by atoms with E-state index in [0.717, 1.165) is 27.9 Å². The van der Waals surface area contributed by atoms with Crippen molar-refractivity contribution >= 4 is 11.8 Å². The van der Waals surface area contributed by atoms with Crippen LogP contribution in [0.15, 0.2) is 67.0 Å². The zero-order chi connectivity index (χ0) is 27.0. The van der Waals surface area contributed by atoms with Crippen molar-refractivity contribution in [2.24, 2.45) is 0 Å². The van der Waals surface area contributed by atoms with E-state index >= 15 is 0 Å². The number of methoxy groups -OCH3 is 1. The van der Waals surface area contributed by atoms with Crippen LogP contribution in [0.5, 0.6) is 0 Å². The highest BCUT2D eigenvalue weighted by atomic mass is 16.5. The Balaban J connectivity index is 1.50. The van der Waals surface area contributed by atoms with Gasteiger partial charge in [0.05, 0.1) is 17.8 Å². The lowest BCUT2D eigenvalue weighted by Gasteiger charge is -2.46. The minimum absolute atomic E-state index is 0.438. The van der Waals surface area contributed by atoms with E-state index in [9.17, 15) is 9.90 Å². The molecule has 0 aliphatic heterocycles. The number of hydrogen-bond donors (Lipinski definition) is 3. The van der Waals surface area contributed by atoms with Gasteiger partial charge in [-0.05, 0) is 37.1 Å². The second-order valence-electron chi connectivity index (χ2n) is 10.1. The molecular weight excluding hydrogens is 480 g/mol. The molecule has 1 unspecified atom stereocenters. The van der Waals surface area contributed by atoms with E-state index in [-0.39, 0.29) is 0 Å². The maximum absolute atomic E-state index is 13.5. The predicted molar refractivity (Wildman–Crippen MR) is 145 cm³/mol. The van der Waals surface area contributed by atoms with Crippen molar-refractivity contribution in [3.05, 3.63) is 89.5 Å². The van der Waals surface area contributed by atoms with Crippen LogP contribution in [0.4, 0.5) is 10.6 Å². The fourth-order valence-corrected chi connectivity index (χ4v) is 5.36. The van der Waals surface area contributed by atoms with Gasteiger partial charge in [0.2, 0.25) is 0 Å². The number of aryl methyl sites for hydroxylation is 1. The molecule has 3 N–H and O–H groups in total. The van der Waals surface area contributed by atoms with E-state index in [2.05, 4.69) is 20.6 Å². The Bertz CT molecular complexity index is 1450. The molecule has 0 fully saturated rings. The van der Waals surface area contributed by atoms with Gasteiger partial charge in [0.25, 0.3) is 0 Å². The summed E-state index contributed by atoms with van der Waals surface area (Å²) >= 11 is 0. The molecule has 3 atom stereocenters. The first-order chi connectivity index (χ1) is 18.2. The number of ether oxygens (including phenoxy) is 1. The second-order valence-corrected chi connectivity index (χ2v) is 10.1. The summed E-state index contributed by atoms with van der Waals surface area (Å²) in [4.78, 5) is 22.1. The highest BCUT2D eigenvalue weighted by Gasteiger charge is 2.47. The number of hydrogen-bond acceptors (Lipinski definition) is 6. The van der Waals surface area contributed by atoms with Crippen LogP contribution >= 0.6 is 0 Å². The lowest BCUT2D eigenvalue weighted by Crippen LogP contribution is -2.55. The van der Waals surface area contributed by atoms with Crippen molar-refractivity contribution in [3.63, 3.8) is 0 Å². The topological polar surface area (TPSA) is 114 Å². The Morgan fingerprint density at radius 1 is 1.03 bits per heavy atom. The number of nitrogens with one attached hydrogen (secondary N) is 2. The Morgan fingerprint density at radius 3 is 2.37 bits per heavy atom. The second kappa shape index (κ2) is 10.00. The smallest absolute Gasteiger partial charge is 0.320 e. The van der Waals surface area contributed by atoms with Crippen molar-refractivity contribution < 1.29 is 14.6 Å². The summed E-state index contributed by atoms with van der Waals surface area (Å²) in [5.74, 6) is 1.17. The van der Waals surface area contributed by atoms with Gasteiger partial charge in [-0.2, -0.15) is 5.10 Å². The number of carbonyl (C=O) groups is 1. The van der Waals surface area contributed by atoms with Crippen molar-refractivity contribution in [2.45, 2.75) is 51.4 Å². The normalized spacial score (nSPS) is 20.0. The van der Waals surface area contributed by atoms with Crippen LogP contribution in [0.3, 0.4) is 0 Å². The van der Waals surface area contributed by atoms with E-state index in [1.54, 1.807) is 24.2 Å². The summed E-state index contributed by atoms with van der Waals surface area (Å²) in [6, 6.07) is 16.3. The van der Waals surface area contributed by atoms with Crippen LogP contribution in [-0.4, -0.2) is 50.2 Å².